The average Bonchev–Trinajstić information content (AvgIpc) is 2.96. The van der Waals surface area contributed by atoms with E-state index in [4.69, 9.17) is 9.47 Å². The Labute approximate surface area is 138 Å². The number of benzene rings is 1. The highest BCUT2D eigenvalue weighted by Crippen LogP contribution is 2.16. The molecule has 1 aromatic carbocycles. The lowest BCUT2D eigenvalue weighted by atomic mass is 10.2. The first-order chi connectivity index (χ1) is 10.3. The maximum Gasteiger partial charge on any atom is 0.248 e. The zero-order valence-electron chi connectivity index (χ0n) is 13.0. The predicted octanol–water partition coefficient (Wildman–Crippen LogP) is 1.71. The number of likely N-dealkylation sites (N-methyl/N-ethyl adjacent to an activating group) is 1. The van der Waals surface area contributed by atoms with E-state index < -0.39 is 0 Å². The summed E-state index contributed by atoms with van der Waals surface area (Å²) in [5.74, 6) is 0.897. The van der Waals surface area contributed by atoms with Crippen molar-refractivity contribution in [2.24, 2.45) is 0 Å². The van der Waals surface area contributed by atoms with Gasteiger partial charge in [0.1, 0.15) is 19.0 Å². The number of nitrogens with one attached hydrogen (secondary N) is 1. The molecule has 5 nitrogen and oxygen atoms in total. The van der Waals surface area contributed by atoms with Crippen molar-refractivity contribution in [1.82, 2.24) is 10.2 Å². The molecule has 0 bridgehead atoms. The standard InChI is InChI=1S/C16H24N2O3.ClH/c1-17-12-14-6-5-9-18(14)16(19)13-20-10-11-21-15-7-3-2-4-8-15;/h2-4,7-8,14,17H,5-6,9-13H2,1H3;1H. The molecule has 1 saturated heterocycles. The summed E-state index contributed by atoms with van der Waals surface area (Å²) in [6, 6.07) is 9.91. The van der Waals surface area contributed by atoms with E-state index in [0.29, 0.717) is 19.3 Å². The van der Waals surface area contributed by atoms with Gasteiger partial charge in [-0.2, -0.15) is 0 Å². The van der Waals surface area contributed by atoms with Crippen molar-refractivity contribution >= 4 is 18.3 Å². The van der Waals surface area contributed by atoms with Crippen LogP contribution in [-0.2, 0) is 9.53 Å². The maximum atomic E-state index is 12.1. The van der Waals surface area contributed by atoms with E-state index in [1.807, 2.05) is 42.3 Å². The van der Waals surface area contributed by atoms with Gasteiger partial charge in [0.2, 0.25) is 5.91 Å². The Hall–Kier alpha value is -1.30. The smallest absolute Gasteiger partial charge is 0.248 e. The first kappa shape index (κ1) is 18.7. The zero-order chi connectivity index (χ0) is 14.9. The minimum absolute atomic E-state index is 0. The van der Waals surface area contributed by atoms with Crippen molar-refractivity contribution in [2.75, 3.05) is 40.0 Å². The summed E-state index contributed by atoms with van der Waals surface area (Å²) in [5.41, 5.74) is 0. The lowest BCUT2D eigenvalue weighted by Gasteiger charge is -2.24. The first-order valence-corrected chi connectivity index (χ1v) is 7.51. The summed E-state index contributed by atoms with van der Waals surface area (Å²) in [4.78, 5) is 14.0. The molecule has 2 rings (SSSR count). The molecule has 1 unspecified atom stereocenters. The fraction of sp³-hybridized carbons (Fsp3) is 0.562. The van der Waals surface area contributed by atoms with Crippen LogP contribution in [0.3, 0.4) is 0 Å². The first-order valence-electron chi connectivity index (χ1n) is 7.51. The van der Waals surface area contributed by atoms with Crippen molar-refractivity contribution < 1.29 is 14.3 Å². The molecule has 1 atom stereocenters. The molecule has 0 aliphatic carbocycles. The molecule has 124 valence electrons. The Kier molecular flexibility index (Phi) is 8.89. The van der Waals surface area contributed by atoms with E-state index in [1.54, 1.807) is 0 Å². The van der Waals surface area contributed by atoms with Crippen LogP contribution in [0.15, 0.2) is 30.3 Å². The monoisotopic (exact) mass is 328 g/mol. The van der Waals surface area contributed by atoms with Crippen molar-refractivity contribution in [2.45, 2.75) is 18.9 Å². The second-order valence-electron chi connectivity index (χ2n) is 5.15. The van der Waals surface area contributed by atoms with Crippen LogP contribution in [0.25, 0.3) is 0 Å². The molecule has 1 fully saturated rings. The number of ether oxygens (including phenoxy) is 2. The Morgan fingerprint density at radius 3 is 2.82 bits per heavy atom. The largest absolute Gasteiger partial charge is 0.491 e. The fourth-order valence-corrected chi connectivity index (χ4v) is 2.59. The molecule has 1 aromatic rings. The molecule has 1 N–H and O–H groups in total. The Balaban J connectivity index is 0.00000242. The Bertz CT molecular complexity index is 431. The molecular formula is C16H25ClN2O3. The van der Waals surface area contributed by atoms with E-state index in [2.05, 4.69) is 5.32 Å². The highest BCUT2D eigenvalue weighted by atomic mass is 35.5. The van der Waals surface area contributed by atoms with Crippen molar-refractivity contribution in [3.63, 3.8) is 0 Å². The van der Waals surface area contributed by atoms with Gasteiger partial charge in [-0.05, 0) is 32.0 Å². The quantitative estimate of drug-likeness (QED) is 0.738. The molecule has 1 heterocycles. The van der Waals surface area contributed by atoms with Gasteiger partial charge in [-0.15, -0.1) is 12.4 Å². The molecular weight excluding hydrogens is 304 g/mol. The summed E-state index contributed by atoms with van der Waals surface area (Å²) in [7, 11) is 1.92. The van der Waals surface area contributed by atoms with Crippen molar-refractivity contribution in [1.29, 1.82) is 0 Å². The fourth-order valence-electron chi connectivity index (χ4n) is 2.59. The molecule has 0 aromatic heterocycles. The third-order valence-corrected chi connectivity index (χ3v) is 3.60. The van der Waals surface area contributed by atoms with Gasteiger partial charge in [0.05, 0.1) is 6.61 Å². The number of para-hydroxylation sites is 1. The maximum absolute atomic E-state index is 12.1. The predicted molar refractivity (Wildman–Crippen MR) is 88.7 cm³/mol. The number of carbonyl (C=O) groups is 1. The van der Waals surface area contributed by atoms with Crippen LogP contribution in [0, 0.1) is 0 Å². The Morgan fingerprint density at radius 1 is 1.32 bits per heavy atom. The van der Waals surface area contributed by atoms with E-state index in [1.165, 1.54) is 0 Å². The van der Waals surface area contributed by atoms with Crippen LogP contribution in [0.4, 0.5) is 0 Å². The van der Waals surface area contributed by atoms with Gasteiger partial charge in [0.15, 0.2) is 0 Å². The summed E-state index contributed by atoms with van der Waals surface area (Å²) < 4.78 is 10.9. The van der Waals surface area contributed by atoms with Gasteiger partial charge >= 0.3 is 0 Å². The molecule has 0 saturated carbocycles. The van der Waals surface area contributed by atoms with Crippen LogP contribution in [-0.4, -0.2) is 56.8 Å². The summed E-state index contributed by atoms with van der Waals surface area (Å²) >= 11 is 0. The van der Waals surface area contributed by atoms with Crippen LogP contribution < -0.4 is 10.1 Å². The highest BCUT2D eigenvalue weighted by Gasteiger charge is 2.27. The molecule has 22 heavy (non-hydrogen) atoms. The normalized spacial score (nSPS) is 17.1. The van der Waals surface area contributed by atoms with Crippen LogP contribution in [0.1, 0.15) is 12.8 Å². The Morgan fingerprint density at radius 2 is 2.09 bits per heavy atom. The molecule has 1 aliphatic rings. The summed E-state index contributed by atoms with van der Waals surface area (Å²) in [5, 5.41) is 3.13. The van der Waals surface area contributed by atoms with Gasteiger partial charge < -0.3 is 19.7 Å². The van der Waals surface area contributed by atoms with Gasteiger partial charge in [0.25, 0.3) is 0 Å². The van der Waals surface area contributed by atoms with Gasteiger partial charge in [0, 0.05) is 19.1 Å². The molecule has 0 spiro atoms. The van der Waals surface area contributed by atoms with Crippen LogP contribution >= 0.6 is 12.4 Å². The van der Waals surface area contributed by atoms with Gasteiger partial charge in [-0.3, -0.25) is 4.79 Å². The number of amides is 1. The van der Waals surface area contributed by atoms with E-state index in [-0.39, 0.29) is 24.9 Å². The van der Waals surface area contributed by atoms with Gasteiger partial charge in [-0.1, -0.05) is 18.2 Å². The average molecular weight is 329 g/mol. The third kappa shape index (κ3) is 5.83. The number of rotatable bonds is 8. The SMILES string of the molecule is CNCC1CCCN1C(=O)COCCOc1ccccc1.Cl. The van der Waals surface area contributed by atoms with E-state index in [9.17, 15) is 4.79 Å². The highest BCUT2D eigenvalue weighted by molar-refractivity contribution is 5.85. The third-order valence-electron chi connectivity index (χ3n) is 3.60. The van der Waals surface area contributed by atoms with Crippen LogP contribution in [0.2, 0.25) is 0 Å². The van der Waals surface area contributed by atoms with Crippen molar-refractivity contribution in [3.8, 4) is 5.75 Å². The molecule has 1 amide bonds. The number of carbonyl (C=O) groups excluding carboxylic acids is 1. The van der Waals surface area contributed by atoms with E-state index in [0.717, 1.165) is 31.7 Å². The second kappa shape index (κ2) is 10.4. The van der Waals surface area contributed by atoms with Gasteiger partial charge in [-0.25, -0.2) is 0 Å². The molecule has 6 heteroatoms. The topological polar surface area (TPSA) is 50.8 Å². The number of hydrogen-bond donors (Lipinski definition) is 1. The molecule has 0 radical (unpaired) electrons. The minimum atomic E-state index is 0. The number of likely N-dealkylation sites (tertiary alicyclic amines) is 1. The number of halogens is 1. The summed E-state index contributed by atoms with van der Waals surface area (Å²) in [6.45, 7) is 2.71. The second-order valence-corrected chi connectivity index (χ2v) is 5.15. The number of hydrogen-bond acceptors (Lipinski definition) is 4. The van der Waals surface area contributed by atoms with Crippen molar-refractivity contribution in [3.05, 3.63) is 30.3 Å². The lowest BCUT2D eigenvalue weighted by Crippen LogP contribution is -2.42. The molecule has 1 aliphatic heterocycles. The zero-order valence-corrected chi connectivity index (χ0v) is 13.8. The van der Waals surface area contributed by atoms with Crippen LogP contribution in [0.5, 0.6) is 5.75 Å². The lowest BCUT2D eigenvalue weighted by molar-refractivity contribution is -0.137. The van der Waals surface area contributed by atoms with E-state index >= 15 is 0 Å². The summed E-state index contributed by atoms with van der Waals surface area (Å²) in [6.07, 6.45) is 2.15. The minimum Gasteiger partial charge on any atom is -0.491 e. The number of nitrogens with zero attached hydrogens (tertiary/aromatic N) is 1.